The highest BCUT2D eigenvalue weighted by Crippen LogP contribution is 2.33. The van der Waals surface area contributed by atoms with E-state index in [0.29, 0.717) is 6.04 Å². The van der Waals surface area contributed by atoms with Crippen molar-refractivity contribution < 1.29 is 0 Å². The Morgan fingerprint density at radius 2 is 1.67 bits per heavy atom. The van der Waals surface area contributed by atoms with Crippen LogP contribution in [-0.2, 0) is 0 Å². The highest BCUT2D eigenvalue weighted by Gasteiger charge is 2.31. The molecule has 2 nitrogen and oxygen atoms in total. The van der Waals surface area contributed by atoms with Crippen LogP contribution in [0.4, 0.5) is 0 Å². The van der Waals surface area contributed by atoms with E-state index in [9.17, 15) is 0 Å². The summed E-state index contributed by atoms with van der Waals surface area (Å²) in [6.45, 7) is 6.10. The first-order valence-corrected chi connectivity index (χ1v) is 8.23. The summed E-state index contributed by atoms with van der Waals surface area (Å²) in [5, 5.41) is 0. The number of nitrogens with zero attached hydrogens (tertiary/aromatic N) is 1. The van der Waals surface area contributed by atoms with Gasteiger partial charge in [0.15, 0.2) is 0 Å². The maximum Gasteiger partial charge on any atom is 0.00993 e. The fraction of sp³-hybridized carbons (Fsp3) is 1.00. The van der Waals surface area contributed by atoms with E-state index < -0.39 is 0 Å². The highest BCUT2D eigenvalue weighted by molar-refractivity contribution is 4.87. The molecule has 0 heterocycles. The molecular formula is C16H32N2. The first-order valence-electron chi connectivity index (χ1n) is 8.23. The summed E-state index contributed by atoms with van der Waals surface area (Å²) in [5.41, 5.74) is 6.05. The Balaban J connectivity index is 1.93. The zero-order valence-electron chi connectivity index (χ0n) is 12.4. The molecule has 2 aliphatic rings. The van der Waals surface area contributed by atoms with Crippen LogP contribution in [0.15, 0.2) is 0 Å². The van der Waals surface area contributed by atoms with Crippen molar-refractivity contribution >= 4 is 0 Å². The molecule has 2 fully saturated rings. The molecule has 0 aromatic carbocycles. The van der Waals surface area contributed by atoms with Gasteiger partial charge in [0, 0.05) is 18.1 Å². The second-order valence-electron chi connectivity index (χ2n) is 6.59. The maximum absolute atomic E-state index is 6.05. The van der Waals surface area contributed by atoms with E-state index in [0.717, 1.165) is 18.0 Å². The molecule has 0 amide bonds. The topological polar surface area (TPSA) is 29.3 Å². The van der Waals surface area contributed by atoms with Crippen molar-refractivity contribution in [1.82, 2.24) is 4.90 Å². The molecule has 0 radical (unpaired) electrons. The van der Waals surface area contributed by atoms with Crippen LogP contribution in [0.3, 0.4) is 0 Å². The van der Waals surface area contributed by atoms with Crippen LogP contribution < -0.4 is 5.73 Å². The average molecular weight is 252 g/mol. The molecule has 1 unspecified atom stereocenters. The minimum absolute atomic E-state index is 0.478. The van der Waals surface area contributed by atoms with E-state index in [2.05, 4.69) is 18.7 Å². The zero-order chi connectivity index (χ0) is 13.0. The number of hydrogen-bond donors (Lipinski definition) is 1. The smallest absolute Gasteiger partial charge is 0.00993 e. The van der Waals surface area contributed by atoms with E-state index in [1.54, 1.807) is 0 Å². The Hall–Kier alpha value is -0.0800. The van der Waals surface area contributed by atoms with Gasteiger partial charge in [-0.3, -0.25) is 4.90 Å². The van der Waals surface area contributed by atoms with Crippen LogP contribution in [0.5, 0.6) is 0 Å². The predicted molar refractivity (Wildman–Crippen MR) is 78.6 cm³/mol. The van der Waals surface area contributed by atoms with Gasteiger partial charge in [-0.05, 0) is 64.3 Å². The molecule has 0 spiro atoms. The Labute approximate surface area is 113 Å². The zero-order valence-corrected chi connectivity index (χ0v) is 12.4. The Kier molecular flexibility index (Phi) is 5.50. The van der Waals surface area contributed by atoms with Crippen LogP contribution in [0.2, 0.25) is 0 Å². The Bertz CT molecular complexity index is 227. The minimum atomic E-state index is 0.478. The van der Waals surface area contributed by atoms with Gasteiger partial charge in [-0.15, -0.1) is 0 Å². The lowest BCUT2D eigenvalue weighted by Crippen LogP contribution is -2.48. The van der Waals surface area contributed by atoms with Crippen LogP contribution in [-0.4, -0.2) is 29.6 Å². The molecule has 0 aromatic rings. The molecule has 0 saturated heterocycles. The van der Waals surface area contributed by atoms with Gasteiger partial charge in [0.1, 0.15) is 0 Å². The lowest BCUT2D eigenvalue weighted by atomic mass is 9.88. The molecule has 2 heteroatoms. The summed E-state index contributed by atoms with van der Waals surface area (Å²) in [4.78, 5) is 2.84. The number of hydrogen-bond acceptors (Lipinski definition) is 2. The third-order valence-electron chi connectivity index (χ3n) is 5.30. The lowest BCUT2D eigenvalue weighted by Gasteiger charge is -2.42. The van der Waals surface area contributed by atoms with E-state index in [1.807, 2.05) is 0 Å². The largest absolute Gasteiger partial charge is 0.328 e. The van der Waals surface area contributed by atoms with E-state index in [-0.39, 0.29) is 0 Å². The molecule has 2 saturated carbocycles. The second kappa shape index (κ2) is 6.91. The standard InChI is InChI=1S/C16H32N2/c1-3-12-18(13(2)14-6-4-5-7-14)16-10-8-15(17)9-11-16/h13-16H,3-12,17H2,1-2H3. The van der Waals surface area contributed by atoms with Crippen molar-refractivity contribution in [1.29, 1.82) is 0 Å². The van der Waals surface area contributed by atoms with Crippen molar-refractivity contribution in [3.05, 3.63) is 0 Å². The summed E-state index contributed by atoms with van der Waals surface area (Å²) in [5.74, 6) is 0.965. The number of nitrogens with two attached hydrogens (primary N) is 1. The second-order valence-corrected chi connectivity index (χ2v) is 6.59. The van der Waals surface area contributed by atoms with Crippen LogP contribution in [0.25, 0.3) is 0 Å². The SMILES string of the molecule is CCCN(C1CCC(N)CC1)C(C)C1CCCC1. The fourth-order valence-corrected chi connectivity index (χ4v) is 4.12. The van der Waals surface area contributed by atoms with Crippen LogP contribution >= 0.6 is 0 Å². The molecule has 0 aromatic heterocycles. The Morgan fingerprint density at radius 1 is 1.06 bits per heavy atom. The lowest BCUT2D eigenvalue weighted by molar-refractivity contribution is 0.0767. The monoisotopic (exact) mass is 252 g/mol. The van der Waals surface area contributed by atoms with Crippen molar-refractivity contribution in [3.8, 4) is 0 Å². The predicted octanol–water partition coefficient (Wildman–Crippen LogP) is 3.55. The first-order chi connectivity index (χ1) is 8.72. The molecule has 0 bridgehead atoms. The summed E-state index contributed by atoms with van der Waals surface area (Å²) in [7, 11) is 0. The van der Waals surface area contributed by atoms with Gasteiger partial charge in [0.2, 0.25) is 0 Å². The van der Waals surface area contributed by atoms with E-state index in [4.69, 9.17) is 5.73 Å². The fourth-order valence-electron chi connectivity index (χ4n) is 4.12. The summed E-state index contributed by atoms with van der Waals surface area (Å²) in [6.07, 6.45) is 12.3. The molecule has 2 N–H and O–H groups in total. The van der Waals surface area contributed by atoms with Gasteiger partial charge in [0.25, 0.3) is 0 Å². The van der Waals surface area contributed by atoms with E-state index in [1.165, 1.54) is 64.3 Å². The average Bonchev–Trinajstić information content (AvgIpc) is 2.90. The normalized spacial score (nSPS) is 32.0. The third kappa shape index (κ3) is 3.48. The maximum atomic E-state index is 6.05. The van der Waals surface area contributed by atoms with Gasteiger partial charge in [-0.25, -0.2) is 0 Å². The molecule has 2 aliphatic carbocycles. The van der Waals surface area contributed by atoms with Gasteiger partial charge in [-0.2, -0.15) is 0 Å². The molecule has 0 aliphatic heterocycles. The van der Waals surface area contributed by atoms with Gasteiger partial charge >= 0.3 is 0 Å². The molecule has 1 atom stereocenters. The van der Waals surface area contributed by atoms with E-state index >= 15 is 0 Å². The van der Waals surface area contributed by atoms with Crippen molar-refractivity contribution in [3.63, 3.8) is 0 Å². The molecule has 18 heavy (non-hydrogen) atoms. The molecule has 106 valence electrons. The third-order valence-corrected chi connectivity index (χ3v) is 5.30. The van der Waals surface area contributed by atoms with Crippen molar-refractivity contribution in [2.75, 3.05) is 6.54 Å². The summed E-state index contributed by atoms with van der Waals surface area (Å²) >= 11 is 0. The highest BCUT2D eigenvalue weighted by atomic mass is 15.2. The first kappa shape index (κ1) is 14.3. The summed E-state index contributed by atoms with van der Waals surface area (Å²) in [6, 6.07) is 2.10. The van der Waals surface area contributed by atoms with Crippen molar-refractivity contribution in [2.24, 2.45) is 11.7 Å². The van der Waals surface area contributed by atoms with Crippen LogP contribution in [0.1, 0.15) is 71.6 Å². The van der Waals surface area contributed by atoms with Crippen molar-refractivity contribution in [2.45, 2.75) is 89.8 Å². The molecule has 2 rings (SSSR count). The van der Waals surface area contributed by atoms with Gasteiger partial charge in [-0.1, -0.05) is 19.8 Å². The van der Waals surface area contributed by atoms with Gasteiger partial charge in [0.05, 0.1) is 0 Å². The quantitative estimate of drug-likeness (QED) is 0.811. The minimum Gasteiger partial charge on any atom is -0.328 e. The molecular weight excluding hydrogens is 220 g/mol. The summed E-state index contributed by atoms with van der Waals surface area (Å²) < 4.78 is 0. The van der Waals surface area contributed by atoms with Gasteiger partial charge < -0.3 is 5.73 Å². The van der Waals surface area contributed by atoms with Crippen LogP contribution in [0, 0.1) is 5.92 Å². The number of rotatable bonds is 5. The Morgan fingerprint density at radius 3 is 2.22 bits per heavy atom.